The SMILES string of the molecule is CC1(C)[C@@H]2C[C@@H]3[C@@H](CCc4ccccc4)OCCC3(C2)[C@H]1NC(=O)CCO. The van der Waals surface area contributed by atoms with E-state index in [1.165, 1.54) is 18.4 Å². The van der Waals surface area contributed by atoms with Gasteiger partial charge in [0.25, 0.3) is 0 Å². The number of aryl methyl sites for hydroxylation is 1. The van der Waals surface area contributed by atoms with Crippen LogP contribution in [0.1, 0.15) is 51.5 Å². The Morgan fingerprint density at radius 2 is 2.07 bits per heavy atom. The van der Waals surface area contributed by atoms with E-state index in [0.717, 1.165) is 25.9 Å². The van der Waals surface area contributed by atoms with Gasteiger partial charge in [-0.3, -0.25) is 4.79 Å². The summed E-state index contributed by atoms with van der Waals surface area (Å²) in [6, 6.07) is 10.8. The highest BCUT2D eigenvalue weighted by Crippen LogP contribution is 2.68. The van der Waals surface area contributed by atoms with E-state index in [2.05, 4.69) is 49.5 Å². The van der Waals surface area contributed by atoms with Crippen LogP contribution in [0.2, 0.25) is 0 Å². The zero-order valence-electron chi connectivity index (χ0n) is 16.6. The number of aliphatic hydroxyl groups excluding tert-OH is 1. The maximum atomic E-state index is 12.3. The van der Waals surface area contributed by atoms with Gasteiger partial charge in [-0.1, -0.05) is 44.2 Å². The lowest BCUT2D eigenvalue weighted by Gasteiger charge is -2.53. The summed E-state index contributed by atoms with van der Waals surface area (Å²) in [6.45, 7) is 5.36. The molecule has 2 saturated carbocycles. The molecule has 1 saturated heterocycles. The molecule has 2 bridgehead atoms. The number of aliphatic hydroxyl groups is 1. The van der Waals surface area contributed by atoms with Crippen molar-refractivity contribution in [1.29, 1.82) is 0 Å². The summed E-state index contributed by atoms with van der Waals surface area (Å²) in [6.07, 6.45) is 6.07. The Kier molecular flexibility index (Phi) is 5.06. The minimum atomic E-state index is -0.0817. The maximum absolute atomic E-state index is 12.3. The van der Waals surface area contributed by atoms with Crippen LogP contribution in [0.4, 0.5) is 0 Å². The number of rotatable bonds is 6. The highest BCUT2D eigenvalue weighted by Gasteiger charge is 2.68. The van der Waals surface area contributed by atoms with Crippen LogP contribution in [-0.4, -0.2) is 36.4 Å². The van der Waals surface area contributed by atoms with Gasteiger partial charge in [0.2, 0.25) is 5.91 Å². The first-order valence-corrected chi connectivity index (χ1v) is 10.5. The van der Waals surface area contributed by atoms with Gasteiger partial charge in [0, 0.05) is 19.1 Å². The zero-order chi connectivity index (χ0) is 19.1. The number of amides is 1. The summed E-state index contributed by atoms with van der Waals surface area (Å²) in [5, 5.41) is 12.5. The van der Waals surface area contributed by atoms with Crippen LogP contribution >= 0.6 is 0 Å². The van der Waals surface area contributed by atoms with Gasteiger partial charge in [-0.25, -0.2) is 0 Å². The highest BCUT2D eigenvalue weighted by molar-refractivity contribution is 5.76. The number of hydrogen-bond acceptors (Lipinski definition) is 3. The summed E-state index contributed by atoms with van der Waals surface area (Å²) in [5.41, 5.74) is 1.65. The van der Waals surface area contributed by atoms with Crippen molar-refractivity contribution >= 4 is 5.91 Å². The molecule has 1 aliphatic heterocycles. The molecule has 3 fully saturated rings. The molecule has 27 heavy (non-hydrogen) atoms. The van der Waals surface area contributed by atoms with Gasteiger partial charge in [-0.2, -0.15) is 0 Å². The van der Waals surface area contributed by atoms with Crippen molar-refractivity contribution in [3.63, 3.8) is 0 Å². The number of ether oxygens (including phenoxy) is 1. The fraction of sp³-hybridized carbons (Fsp3) is 0.696. The van der Waals surface area contributed by atoms with E-state index < -0.39 is 0 Å². The number of fused-ring (bicyclic) bond motifs is 1. The summed E-state index contributed by atoms with van der Waals surface area (Å²) in [7, 11) is 0. The van der Waals surface area contributed by atoms with E-state index in [9.17, 15) is 4.79 Å². The molecule has 1 heterocycles. The van der Waals surface area contributed by atoms with Gasteiger partial charge in [-0.05, 0) is 60.3 Å². The molecule has 148 valence electrons. The Morgan fingerprint density at radius 1 is 1.30 bits per heavy atom. The highest BCUT2D eigenvalue weighted by atomic mass is 16.5. The van der Waals surface area contributed by atoms with Gasteiger partial charge in [0.05, 0.1) is 12.7 Å². The summed E-state index contributed by atoms with van der Waals surface area (Å²) in [5.74, 6) is 1.17. The van der Waals surface area contributed by atoms with Crippen LogP contribution in [0.3, 0.4) is 0 Å². The number of carbonyl (C=O) groups excluding carboxylic acids is 1. The molecule has 1 aromatic carbocycles. The van der Waals surface area contributed by atoms with Crippen molar-refractivity contribution in [2.75, 3.05) is 13.2 Å². The third kappa shape index (κ3) is 3.21. The molecular weight excluding hydrogens is 338 g/mol. The maximum Gasteiger partial charge on any atom is 0.222 e. The lowest BCUT2D eigenvalue weighted by atomic mass is 9.59. The molecule has 3 aliphatic rings. The average Bonchev–Trinajstić information content (AvgIpc) is 3.14. The van der Waals surface area contributed by atoms with Gasteiger partial charge in [0.15, 0.2) is 0 Å². The third-order valence-corrected chi connectivity index (χ3v) is 7.83. The molecule has 4 heteroatoms. The predicted octanol–water partition coefficient (Wildman–Crippen LogP) is 3.33. The first kappa shape index (κ1) is 18.9. The Bertz CT molecular complexity index is 673. The van der Waals surface area contributed by atoms with Crippen molar-refractivity contribution in [3.8, 4) is 0 Å². The number of hydrogen-bond donors (Lipinski definition) is 2. The average molecular weight is 372 g/mol. The minimum absolute atomic E-state index is 0.0106. The molecule has 1 amide bonds. The Morgan fingerprint density at radius 3 is 2.81 bits per heavy atom. The van der Waals surface area contributed by atoms with Crippen LogP contribution in [-0.2, 0) is 16.0 Å². The van der Waals surface area contributed by atoms with Crippen LogP contribution in [0, 0.1) is 22.7 Å². The number of nitrogens with one attached hydrogen (secondary N) is 1. The predicted molar refractivity (Wildman–Crippen MR) is 105 cm³/mol. The molecule has 2 N–H and O–H groups in total. The van der Waals surface area contributed by atoms with Crippen molar-refractivity contribution < 1.29 is 14.6 Å². The van der Waals surface area contributed by atoms with Crippen molar-refractivity contribution in [2.45, 2.75) is 64.5 Å². The van der Waals surface area contributed by atoms with Gasteiger partial charge in [-0.15, -0.1) is 0 Å². The van der Waals surface area contributed by atoms with Crippen LogP contribution in [0.5, 0.6) is 0 Å². The first-order valence-electron chi connectivity index (χ1n) is 10.5. The topological polar surface area (TPSA) is 58.6 Å². The number of carbonyl (C=O) groups is 1. The molecule has 1 unspecified atom stereocenters. The van der Waals surface area contributed by atoms with Crippen molar-refractivity contribution in [3.05, 3.63) is 35.9 Å². The Hall–Kier alpha value is -1.39. The fourth-order valence-electron chi connectivity index (χ4n) is 6.48. The van der Waals surface area contributed by atoms with Crippen LogP contribution in [0.25, 0.3) is 0 Å². The van der Waals surface area contributed by atoms with E-state index in [1.807, 2.05) is 0 Å². The van der Waals surface area contributed by atoms with Crippen LogP contribution < -0.4 is 5.32 Å². The standard InChI is InChI=1S/C23H33NO3/c1-22(2)17-14-18-19(9-8-16-6-4-3-5-7-16)27-13-11-23(18,15-17)21(22)24-20(26)10-12-25/h3-7,17-19,21,25H,8-15H2,1-2H3,(H,24,26)/t17-,18-,19-,21+,23?/m1/s1. The van der Waals surface area contributed by atoms with E-state index in [0.29, 0.717) is 11.8 Å². The minimum Gasteiger partial charge on any atom is -0.396 e. The van der Waals surface area contributed by atoms with E-state index in [4.69, 9.17) is 9.84 Å². The zero-order valence-corrected chi connectivity index (χ0v) is 16.6. The molecule has 4 nitrogen and oxygen atoms in total. The molecule has 4 rings (SSSR count). The van der Waals surface area contributed by atoms with Gasteiger partial charge in [0.1, 0.15) is 0 Å². The second-order valence-corrected chi connectivity index (χ2v) is 9.46. The Balaban J connectivity index is 1.52. The Labute approximate surface area is 162 Å². The smallest absolute Gasteiger partial charge is 0.222 e. The molecular formula is C23H33NO3. The second-order valence-electron chi connectivity index (χ2n) is 9.46. The van der Waals surface area contributed by atoms with Crippen LogP contribution in [0.15, 0.2) is 30.3 Å². The largest absolute Gasteiger partial charge is 0.396 e. The van der Waals surface area contributed by atoms with Crippen molar-refractivity contribution in [1.82, 2.24) is 5.32 Å². The summed E-state index contributed by atoms with van der Waals surface area (Å²) < 4.78 is 6.28. The molecule has 2 aliphatic carbocycles. The lowest BCUT2D eigenvalue weighted by Crippen LogP contribution is -2.60. The lowest BCUT2D eigenvalue weighted by molar-refractivity contribution is -0.137. The third-order valence-electron chi connectivity index (χ3n) is 7.83. The second kappa shape index (κ2) is 7.21. The normalized spacial score (nSPS) is 36.4. The quantitative estimate of drug-likeness (QED) is 0.806. The first-order chi connectivity index (χ1) is 13.0. The van der Waals surface area contributed by atoms with E-state index >= 15 is 0 Å². The molecule has 1 aromatic rings. The monoisotopic (exact) mass is 371 g/mol. The van der Waals surface area contributed by atoms with Gasteiger partial charge >= 0.3 is 0 Å². The summed E-state index contributed by atoms with van der Waals surface area (Å²) >= 11 is 0. The van der Waals surface area contributed by atoms with E-state index in [-0.39, 0.29) is 41.9 Å². The molecule has 5 atom stereocenters. The molecule has 1 spiro atoms. The van der Waals surface area contributed by atoms with E-state index in [1.54, 1.807) is 0 Å². The van der Waals surface area contributed by atoms with Gasteiger partial charge < -0.3 is 15.2 Å². The van der Waals surface area contributed by atoms with Crippen molar-refractivity contribution in [2.24, 2.45) is 22.7 Å². The number of benzene rings is 1. The summed E-state index contributed by atoms with van der Waals surface area (Å²) in [4.78, 5) is 12.3. The molecule has 0 aromatic heterocycles. The molecule has 0 radical (unpaired) electrons. The fourth-order valence-corrected chi connectivity index (χ4v) is 6.48.